The number of hydrogen-bond donors (Lipinski definition) is 1. The lowest BCUT2D eigenvalue weighted by atomic mass is 10.1. The molecule has 0 radical (unpaired) electrons. The van der Waals surface area contributed by atoms with Gasteiger partial charge in [0.1, 0.15) is 22.1 Å². The third kappa shape index (κ3) is 4.70. The van der Waals surface area contributed by atoms with Crippen molar-refractivity contribution in [3.63, 3.8) is 0 Å². The second-order valence-corrected chi connectivity index (χ2v) is 7.46. The number of carbonyl (C=O) groups is 2. The highest BCUT2D eigenvalue weighted by molar-refractivity contribution is 8.00. The first-order valence-electron chi connectivity index (χ1n) is 8.77. The van der Waals surface area contributed by atoms with Crippen molar-refractivity contribution >= 4 is 29.3 Å². The molecule has 0 saturated heterocycles. The van der Waals surface area contributed by atoms with Gasteiger partial charge >= 0.3 is 0 Å². The second kappa shape index (κ2) is 8.71. The number of pyridine rings is 1. The van der Waals surface area contributed by atoms with Crippen LogP contribution in [0.1, 0.15) is 45.1 Å². The van der Waals surface area contributed by atoms with Crippen LogP contribution in [0.25, 0.3) is 0 Å². The first-order chi connectivity index (χ1) is 13.9. The molecule has 2 aromatic heterocycles. The van der Waals surface area contributed by atoms with Gasteiger partial charge in [-0.2, -0.15) is 5.26 Å². The van der Waals surface area contributed by atoms with E-state index in [0.29, 0.717) is 27.9 Å². The molecule has 0 aliphatic rings. The molecular weight excluding hydrogens is 388 g/mol. The summed E-state index contributed by atoms with van der Waals surface area (Å²) in [6.45, 7) is 4.87. The van der Waals surface area contributed by atoms with Gasteiger partial charge < -0.3 is 9.84 Å². The van der Waals surface area contributed by atoms with Gasteiger partial charge in [-0.3, -0.25) is 9.59 Å². The number of nitriles is 1. The number of carbonyl (C=O) groups excluding carboxylic acids is 2. The molecule has 7 nitrogen and oxygen atoms in total. The number of rotatable bonds is 6. The molecule has 8 heteroatoms. The largest absolute Gasteiger partial charge is 0.360 e. The molecule has 1 amide bonds. The van der Waals surface area contributed by atoms with Gasteiger partial charge in [0.05, 0.1) is 5.56 Å². The molecule has 0 aliphatic heterocycles. The quantitative estimate of drug-likeness (QED) is 0.482. The van der Waals surface area contributed by atoms with Gasteiger partial charge in [-0.25, -0.2) is 4.98 Å². The zero-order valence-corrected chi connectivity index (χ0v) is 16.9. The Labute approximate surface area is 172 Å². The molecule has 1 unspecified atom stereocenters. The predicted molar refractivity (Wildman–Crippen MR) is 109 cm³/mol. The third-order valence-electron chi connectivity index (χ3n) is 4.13. The average molecular weight is 406 g/mol. The van der Waals surface area contributed by atoms with E-state index in [-0.39, 0.29) is 17.3 Å². The predicted octanol–water partition coefficient (Wildman–Crippen LogP) is 4.23. The maximum absolute atomic E-state index is 13.0. The molecule has 0 saturated carbocycles. The molecule has 1 atom stereocenters. The summed E-state index contributed by atoms with van der Waals surface area (Å²) in [5.74, 6) is 0.397. The van der Waals surface area contributed by atoms with Gasteiger partial charge in [-0.05, 0) is 32.4 Å². The van der Waals surface area contributed by atoms with Crippen LogP contribution in [-0.4, -0.2) is 21.8 Å². The van der Waals surface area contributed by atoms with Crippen LogP contribution in [0.3, 0.4) is 0 Å². The summed E-state index contributed by atoms with van der Waals surface area (Å²) in [7, 11) is 0. The highest BCUT2D eigenvalue weighted by Crippen LogP contribution is 2.37. The lowest BCUT2D eigenvalue weighted by Gasteiger charge is -2.17. The van der Waals surface area contributed by atoms with Crippen LogP contribution in [0.5, 0.6) is 0 Å². The Morgan fingerprint density at radius 2 is 1.93 bits per heavy atom. The smallest absolute Gasteiger partial charge is 0.243 e. The van der Waals surface area contributed by atoms with Crippen molar-refractivity contribution in [2.24, 2.45) is 0 Å². The monoisotopic (exact) mass is 406 g/mol. The Balaban J connectivity index is 1.98. The van der Waals surface area contributed by atoms with Gasteiger partial charge in [-0.1, -0.05) is 47.3 Å². The molecule has 29 heavy (non-hydrogen) atoms. The minimum atomic E-state index is -0.685. The molecule has 0 fully saturated rings. The SMILES string of the molecule is CC(=O)c1cc(C#N)c(SC(C(=O)Nc2cc(C)on2)c2ccccc2)nc1C. The molecule has 0 bridgehead atoms. The number of amides is 1. The Bertz CT molecular complexity index is 1100. The fourth-order valence-corrected chi connectivity index (χ4v) is 3.84. The van der Waals surface area contributed by atoms with E-state index >= 15 is 0 Å². The van der Waals surface area contributed by atoms with Gasteiger partial charge in [0.2, 0.25) is 5.91 Å². The zero-order chi connectivity index (χ0) is 21.0. The standard InChI is InChI=1S/C21H18N4O3S/c1-12-9-18(25-28-12)24-20(27)19(15-7-5-4-6-8-15)29-21-16(11-22)10-17(14(3)26)13(2)23-21/h4-10,19H,1-3H3,(H,24,25,27). The molecule has 1 aromatic carbocycles. The third-order valence-corrected chi connectivity index (χ3v) is 5.38. The molecule has 0 spiro atoms. The minimum absolute atomic E-state index is 0.165. The Kier molecular flexibility index (Phi) is 6.10. The molecule has 1 N–H and O–H groups in total. The van der Waals surface area contributed by atoms with Crippen molar-refractivity contribution in [3.05, 3.63) is 70.6 Å². The van der Waals surface area contributed by atoms with Gasteiger partial charge in [0, 0.05) is 17.3 Å². The number of aryl methyl sites for hydroxylation is 2. The van der Waals surface area contributed by atoms with E-state index in [9.17, 15) is 14.9 Å². The molecule has 2 heterocycles. The highest BCUT2D eigenvalue weighted by Gasteiger charge is 2.26. The van der Waals surface area contributed by atoms with E-state index in [2.05, 4.69) is 21.5 Å². The average Bonchev–Trinajstić information content (AvgIpc) is 3.11. The number of benzene rings is 1. The minimum Gasteiger partial charge on any atom is -0.360 e. The van der Waals surface area contributed by atoms with E-state index in [1.165, 1.54) is 13.0 Å². The lowest BCUT2D eigenvalue weighted by molar-refractivity contribution is -0.115. The number of thioether (sulfide) groups is 1. The number of hydrogen-bond acceptors (Lipinski definition) is 7. The van der Waals surface area contributed by atoms with Crippen LogP contribution in [0, 0.1) is 25.2 Å². The number of nitrogens with one attached hydrogen (secondary N) is 1. The topological polar surface area (TPSA) is 109 Å². The summed E-state index contributed by atoms with van der Waals surface area (Å²) in [6.07, 6.45) is 0. The van der Waals surface area contributed by atoms with E-state index in [1.54, 1.807) is 19.9 Å². The number of Topliss-reactive ketones (excluding diaryl/α,β-unsaturated/α-hetero) is 1. The first kappa shape index (κ1) is 20.3. The van der Waals surface area contributed by atoms with E-state index in [4.69, 9.17) is 4.52 Å². The molecular formula is C21H18N4O3S. The Morgan fingerprint density at radius 3 is 2.52 bits per heavy atom. The summed E-state index contributed by atoms with van der Waals surface area (Å²) < 4.78 is 5.00. The normalized spacial score (nSPS) is 11.5. The van der Waals surface area contributed by atoms with Gasteiger partial charge in [-0.15, -0.1) is 0 Å². The maximum atomic E-state index is 13.0. The maximum Gasteiger partial charge on any atom is 0.243 e. The summed E-state index contributed by atoms with van der Waals surface area (Å²) in [5.41, 5.74) is 1.90. The van der Waals surface area contributed by atoms with Crippen molar-refractivity contribution in [1.82, 2.24) is 10.1 Å². The summed E-state index contributed by atoms with van der Waals surface area (Å²) in [5, 5.41) is 15.8. The first-order valence-corrected chi connectivity index (χ1v) is 9.65. The fraction of sp³-hybridized carbons (Fsp3) is 0.190. The van der Waals surface area contributed by atoms with Crippen LogP contribution in [-0.2, 0) is 4.79 Å². The van der Waals surface area contributed by atoms with Crippen LogP contribution in [0.15, 0.2) is 52.0 Å². The number of anilines is 1. The number of aromatic nitrogens is 2. The van der Waals surface area contributed by atoms with Crippen molar-refractivity contribution in [2.45, 2.75) is 31.0 Å². The summed E-state index contributed by atoms with van der Waals surface area (Å²) in [6, 6.07) is 14.4. The summed E-state index contributed by atoms with van der Waals surface area (Å²) in [4.78, 5) is 29.2. The second-order valence-electron chi connectivity index (χ2n) is 6.36. The van der Waals surface area contributed by atoms with Crippen molar-refractivity contribution < 1.29 is 14.1 Å². The Morgan fingerprint density at radius 1 is 1.21 bits per heavy atom. The number of nitrogens with zero attached hydrogens (tertiary/aromatic N) is 3. The zero-order valence-electron chi connectivity index (χ0n) is 16.1. The highest BCUT2D eigenvalue weighted by atomic mass is 32.2. The van der Waals surface area contributed by atoms with Gasteiger partial charge in [0.25, 0.3) is 0 Å². The van der Waals surface area contributed by atoms with Crippen molar-refractivity contribution in [3.8, 4) is 6.07 Å². The molecule has 3 aromatic rings. The Hall–Kier alpha value is -3.44. The number of ketones is 1. The lowest BCUT2D eigenvalue weighted by Crippen LogP contribution is -2.19. The van der Waals surface area contributed by atoms with Crippen LogP contribution in [0.4, 0.5) is 5.82 Å². The van der Waals surface area contributed by atoms with E-state index in [0.717, 1.165) is 17.3 Å². The van der Waals surface area contributed by atoms with Crippen LogP contribution < -0.4 is 5.32 Å². The molecule has 0 aliphatic carbocycles. The van der Waals surface area contributed by atoms with Gasteiger partial charge in [0.15, 0.2) is 11.6 Å². The molecule has 146 valence electrons. The van der Waals surface area contributed by atoms with Crippen LogP contribution >= 0.6 is 11.8 Å². The van der Waals surface area contributed by atoms with Crippen molar-refractivity contribution in [2.75, 3.05) is 5.32 Å². The van der Waals surface area contributed by atoms with Crippen molar-refractivity contribution in [1.29, 1.82) is 5.26 Å². The molecule has 3 rings (SSSR count). The fourth-order valence-electron chi connectivity index (χ4n) is 2.74. The van der Waals surface area contributed by atoms with E-state index < -0.39 is 5.25 Å². The summed E-state index contributed by atoms with van der Waals surface area (Å²) >= 11 is 1.15. The van der Waals surface area contributed by atoms with E-state index in [1.807, 2.05) is 30.3 Å². The van der Waals surface area contributed by atoms with Crippen LogP contribution in [0.2, 0.25) is 0 Å².